The van der Waals surface area contributed by atoms with Crippen molar-refractivity contribution in [2.75, 3.05) is 5.88 Å². The number of ether oxygens (including phenoxy) is 1. The van der Waals surface area contributed by atoms with Gasteiger partial charge in [0.05, 0.1) is 10.9 Å². The first-order valence-electron chi connectivity index (χ1n) is 8.16. The van der Waals surface area contributed by atoms with Gasteiger partial charge in [-0.15, -0.1) is 11.6 Å². The maximum Gasteiger partial charge on any atom is 0.179 e. The molecule has 0 fully saturated rings. The van der Waals surface area contributed by atoms with Gasteiger partial charge in [-0.05, 0) is 28.5 Å². The van der Waals surface area contributed by atoms with Crippen LogP contribution >= 0.6 is 23.2 Å². The van der Waals surface area contributed by atoms with E-state index in [4.69, 9.17) is 27.9 Å². The Kier molecular flexibility index (Phi) is 4.58. The van der Waals surface area contributed by atoms with Crippen molar-refractivity contribution in [1.82, 2.24) is 4.98 Å². The smallest absolute Gasteiger partial charge is 0.179 e. The first-order valence-corrected chi connectivity index (χ1v) is 9.08. The molecule has 3 nitrogen and oxygen atoms in total. The zero-order valence-electron chi connectivity index (χ0n) is 13.8. The van der Waals surface area contributed by atoms with Crippen molar-refractivity contribution in [1.29, 1.82) is 0 Å². The first kappa shape index (κ1) is 17.0. The summed E-state index contributed by atoms with van der Waals surface area (Å²) in [5, 5.41) is 3.56. The lowest BCUT2D eigenvalue weighted by molar-refractivity contribution is 0.102. The fourth-order valence-corrected chi connectivity index (χ4v) is 3.47. The van der Waals surface area contributed by atoms with Crippen LogP contribution in [0.4, 0.5) is 0 Å². The number of hydrogen-bond acceptors (Lipinski definition) is 2. The van der Waals surface area contributed by atoms with Crippen molar-refractivity contribution in [3.8, 4) is 5.75 Å². The number of halogens is 2. The number of aromatic nitrogens is 1. The predicted molar refractivity (Wildman–Crippen MR) is 107 cm³/mol. The number of hydrogen-bond donors (Lipinski definition) is 1. The third-order valence-corrected chi connectivity index (χ3v) is 4.96. The van der Waals surface area contributed by atoms with Gasteiger partial charge in [-0.25, -0.2) is 0 Å². The average molecular weight is 384 g/mol. The average Bonchev–Trinajstić information content (AvgIpc) is 3.08. The summed E-state index contributed by atoms with van der Waals surface area (Å²) >= 11 is 12.0. The van der Waals surface area contributed by atoms with Crippen LogP contribution in [-0.4, -0.2) is 16.6 Å². The van der Waals surface area contributed by atoms with E-state index < -0.39 is 0 Å². The van der Waals surface area contributed by atoms with E-state index in [1.54, 1.807) is 18.3 Å². The van der Waals surface area contributed by atoms with E-state index in [-0.39, 0.29) is 11.7 Å². The van der Waals surface area contributed by atoms with Crippen LogP contribution in [0.2, 0.25) is 5.02 Å². The number of H-pyrrole nitrogens is 1. The van der Waals surface area contributed by atoms with E-state index in [1.165, 1.54) is 0 Å². The number of rotatable bonds is 5. The van der Waals surface area contributed by atoms with Crippen molar-refractivity contribution in [2.24, 2.45) is 0 Å². The summed E-state index contributed by atoms with van der Waals surface area (Å²) in [4.78, 5) is 15.0. The molecule has 130 valence electrons. The van der Waals surface area contributed by atoms with Gasteiger partial charge >= 0.3 is 0 Å². The summed E-state index contributed by atoms with van der Waals surface area (Å²) in [6, 6.07) is 17.8. The van der Waals surface area contributed by atoms with Crippen LogP contribution in [0.1, 0.15) is 15.9 Å². The van der Waals surface area contributed by atoms with Crippen molar-refractivity contribution in [3.63, 3.8) is 0 Å². The highest BCUT2D eigenvalue weighted by Crippen LogP contribution is 2.33. The highest BCUT2D eigenvalue weighted by molar-refractivity contribution is 6.34. The number of carbonyl (C=O) groups is 1. The summed E-state index contributed by atoms with van der Waals surface area (Å²) in [6.45, 7) is 0.385. The van der Waals surface area contributed by atoms with E-state index in [0.717, 1.165) is 27.2 Å². The summed E-state index contributed by atoms with van der Waals surface area (Å²) in [5.74, 6) is 0.331. The lowest BCUT2D eigenvalue weighted by Gasteiger charge is -2.11. The molecule has 3 aromatic carbocycles. The van der Waals surface area contributed by atoms with E-state index in [0.29, 0.717) is 22.9 Å². The number of Topliss-reactive ketones (excluding diaryl/α,β-unsaturated/α-hetero) is 1. The third-order valence-electron chi connectivity index (χ3n) is 4.42. The molecule has 4 aromatic rings. The molecule has 1 N–H and O–H groups in total. The monoisotopic (exact) mass is 383 g/mol. The van der Waals surface area contributed by atoms with Gasteiger partial charge in [0, 0.05) is 22.7 Å². The molecule has 0 amide bonds. The lowest BCUT2D eigenvalue weighted by Crippen LogP contribution is -1.99. The molecule has 1 aromatic heterocycles. The molecule has 5 heteroatoms. The second-order valence-electron chi connectivity index (χ2n) is 6.01. The Hall–Kier alpha value is -2.49. The van der Waals surface area contributed by atoms with Gasteiger partial charge in [0.1, 0.15) is 12.4 Å². The fourth-order valence-electron chi connectivity index (χ4n) is 3.11. The third kappa shape index (κ3) is 3.05. The molecule has 0 aliphatic carbocycles. The predicted octanol–water partition coefficient (Wildman–Crippen LogP) is 5.98. The maximum absolute atomic E-state index is 12.0. The number of nitrogens with one attached hydrogen (secondary N) is 1. The number of alkyl halides is 1. The van der Waals surface area contributed by atoms with Gasteiger partial charge in [0.2, 0.25) is 0 Å². The van der Waals surface area contributed by atoms with Gasteiger partial charge in [-0.2, -0.15) is 0 Å². The van der Waals surface area contributed by atoms with E-state index >= 15 is 0 Å². The molecular weight excluding hydrogens is 369 g/mol. The van der Waals surface area contributed by atoms with Crippen molar-refractivity contribution in [3.05, 3.63) is 76.9 Å². The van der Waals surface area contributed by atoms with Crippen LogP contribution in [0.15, 0.2) is 60.8 Å². The number of fused-ring (bicyclic) bond motifs is 2. The molecule has 0 spiro atoms. The molecule has 0 unspecified atom stereocenters. The fraction of sp³-hybridized carbons (Fsp3) is 0.0952. The molecule has 0 radical (unpaired) electrons. The molecule has 1 heterocycles. The molecule has 0 aliphatic rings. The number of ketones is 1. The van der Waals surface area contributed by atoms with Crippen LogP contribution in [0.25, 0.3) is 21.7 Å². The molecule has 0 aliphatic heterocycles. The van der Waals surface area contributed by atoms with Crippen molar-refractivity contribution < 1.29 is 9.53 Å². The van der Waals surface area contributed by atoms with Crippen LogP contribution < -0.4 is 4.74 Å². The quantitative estimate of drug-likeness (QED) is 0.340. The summed E-state index contributed by atoms with van der Waals surface area (Å²) in [6.07, 6.45) is 1.65. The van der Waals surface area contributed by atoms with Crippen LogP contribution in [0.3, 0.4) is 0 Å². The minimum Gasteiger partial charge on any atom is -0.487 e. The maximum atomic E-state index is 12.0. The highest BCUT2D eigenvalue weighted by atomic mass is 35.5. The van der Waals surface area contributed by atoms with Gasteiger partial charge in [-0.1, -0.05) is 54.1 Å². The van der Waals surface area contributed by atoms with Crippen LogP contribution in [0, 0.1) is 0 Å². The van der Waals surface area contributed by atoms with Gasteiger partial charge < -0.3 is 9.72 Å². The lowest BCUT2D eigenvalue weighted by atomic mass is 10.1. The van der Waals surface area contributed by atoms with E-state index in [9.17, 15) is 4.79 Å². The molecule has 0 saturated carbocycles. The highest BCUT2D eigenvalue weighted by Gasteiger charge is 2.14. The Morgan fingerprint density at radius 1 is 1.04 bits per heavy atom. The van der Waals surface area contributed by atoms with Crippen LogP contribution in [-0.2, 0) is 6.61 Å². The number of benzene rings is 3. The first-order chi connectivity index (χ1) is 12.7. The van der Waals surface area contributed by atoms with Crippen molar-refractivity contribution >= 4 is 50.7 Å². The van der Waals surface area contributed by atoms with Gasteiger partial charge in [0.25, 0.3) is 0 Å². The summed E-state index contributed by atoms with van der Waals surface area (Å²) < 4.78 is 5.99. The molecular formula is C21H15Cl2NO2. The Bertz CT molecular complexity index is 1110. The minimum atomic E-state index is -0.139. The second-order valence-corrected chi connectivity index (χ2v) is 6.69. The van der Waals surface area contributed by atoms with E-state index in [2.05, 4.69) is 23.2 Å². The van der Waals surface area contributed by atoms with Gasteiger partial charge in [-0.3, -0.25) is 4.79 Å². The van der Waals surface area contributed by atoms with E-state index in [1.807, 2.05) is 24.3 Å². The molecule has 0 atom stereocenters. The second kappa shape index (κ2) is 7.02. The largest absolute Gasteiger partial charge is 0.487 e. The Morgan fingerprint density at radius 2 is 1.85 bits per heavy atom. The summed E-state index contributed by atoms with van der Waals surface area (Å²) in [7, 11) is 0. The summed E-state index contributed by atoms with van der Waals surface area (Å²) in [5.41, 5.74) is 2.40. The zero-order valence-corrected chi connectivity index (χ0v) is 15.3. The molecule has 0 bridgehead atoms. The molecule has 4 rings (SSSR count). The zero-order chi connectivity index (χ0) is 18.1. The minimum absolute atomic E-state index is 0.0677. The van der Waals surface area contributed by atoms with Crippen molar-refractivity contribution in [2.45, 2.75) is 6.61 Å². The van der Waals surface area contributed by atoms with Crippen LogP contribution in [0.5, 0.6) is 5.75 Å². The van der Waals surface area contributed by atoms with Gasteiger partial charge in [0.15, 0.2) is 5.78 Å². The Morgan fingerprint density at radius 3 is 2.69 bits per heavy atom. The molecule has 26 heavy (non-hydrogen) atoms. The number of aromatic amines is 1. The standard InChI is InChI=1S/C21H15Cl2NO2/c22-10-20(25)17-11-24-19-9-18(23)21(8-16(17)19)26-12-14-6-3-5-13-4-1-2-7-15(13)14/h1-9,11,24H,10,12H2. The number of carbonyl (C=O) groups excluding carboxylic acids is 1. The SMILES string of the molecule is O=C(CCl)c1c[nH]c2cc(Cl)c(OCc3cccc4ccccc34)cc12. The molecule has 0 saturated heterocycles. The Labute approximate surface area is 160 Å². The normalized spacial score (nSPS) is 11.2. The Balaban J connectivity index is 1.68. The topological polar surface area (TPSA) is 42.1 Å².